The lowest BCUT2D eigenvalue weighted by Gasteiger charge is -2.08. The van der Waals surface area contributed by atoms with Crippen molar-refractivity contribution in [2.45, 2.75) is 12.8 Å². The number of hydrogen-bond donors (Lipinski definition) is 1. The topological polar surface area (TPSA) is 47.6 Å². The number of nitrogens with one attached hydrogen (secondary N) is 1. The number of carbonyl (C=O) groups is 1. The molecule has 0 aliphatic carbocycles. The van der Waals surface area contributed by atoms with E-state index in [-0.39, 0.29) is 5.78 Å². The zero-order valence-electron chi connectivity index (χ0n) is 10.7. The highest BCUT2D eigenvalue weighted by molar-refractivity contribution is 6.05. The minimum atomic E-state index is -0.0136. The van der Waals surface area contributed by atoms with E-state index < -0.39 is 0 Å². The van der Waals surface area contributed by atoms with Gasteiger partial charge in [-0.15, -0.1) is 0 Å². The van der Waals surface area contributed by atoms with Gasteiger partial charge < -0.3 is 14.8 Å². The van der Waals surface area contributed by atoms with Gasteiger partial charge in [0.15, 0.2) is 17.3 Å². The average molecular weight is 247 g/mol. The zero-order chi connectivity index (χ0) is 13.0. The van der Waals surface area contributed by atoms with Gasteiger partial charge in [0.1, 0.15) is 0 Å². The van der Waals surface area contributed by atoms with Gasteiger partial charge in [-0.2, -0.15) is 0 Å². The quantitative estimate of drug-likeness (QED) is 0.654. The smallest absolute Gasteiger partial charge is 0.187 e. The monoisotopic (exact) mass is 247 g/mol. The molecule has 1 N–H and O–H groups in total. The fourth-order valence-corrected chi connectivity index (χ4v) is 1.97. The minimum absolute atomic E-state index is 0.0136. The van der Waals surface area contributed by atoms with Crippen molar-refractivity contribution in [1.82, 2.24) is 5.32 Å². The van der Waals surface area contributed by atoms with Gasteiger partial charge in [-0.3, -0.25) is 4.79 Å². The summed E-state index contributed by atoms with van der Waals surface area (Å²) in [4.78, 5) is 12.1. The molecule has 0 unspecified atom stereocenters. The molecule has 18 heavy (non-hydrogen) atoms. The predicted octanol–water partition coefficient (Wildman–Crippen LogP) is 2.15. The van der Waals surface area contributed by atoms with E-state index in [1.807, 2.05) is 0 Å². The molecule has 1 aromatic rings. The van der Waals surface area contributed by atoms with Crippen LogP contribution in [0.1, 0.15) is 23.2 Å². The van der Waals surface area contributed by atoms with E-state index in [0.29, 0.717) is 17.1 Å². The first-order valence-electron chi connectivity index (χ1n) is 5.95. The largest absolute Gasteiger partial charge is 0.493 e. The highest BCUT2D eigenvalue weighted by Gasteiger charge is 2.11. The lowest BCUT2D eigenvalue weighted by Crippen LogP contribution is -2.06. The fraction of sp³-hybridized carbons (Fsp3) is 0.357. The van der Waals surface area contributed by atoms with Crippen LogP contribution >= 0.6 is 0 Å². The van der Waals surface area contributed by atoms with Crippen LogP contribution in [0.4, 0.5) is 0 Å². The van der Waals surface area contributed by atoms with Crippen LogP contribution in [0.25, 0.3) is 0 Å². The Balaban J connectivity index is 2.22. The van der Waals surface area contributed by atoms with Crippen molar-refractivity contribution >= 4 is 5.78 Å². The molecule has 0 atom stereocenters. The van der Waals surface area contributed by atoms with Crippen LogP contribution in [0.3, 0.4) is 0 Å². The molecule has 4 nitrogen and oxygen atoms in total. The van der Waals surface area contributed by atoms with Gasteiger partial charge in [-0.05, 0) is 31.0 Å². The van der Waals surface area contributed by atoms with Gasteiger partial charge in [0.2, 0.25) is 0 Å². The third kappa shape index (κ3) is 2.64. The van der Waals surface area contributed by atoms with E-state index in [1.54, 1.807) is 38.5 Å². The van der Waals surface area contributed by atoms with Gasteiger partial charge in [0.05, 0.1) is 14.2 Å². The maximum atomic E-state index is 12.1. The summed E-state index contributed by atoms with van der Waals surface area (Å²) in [6.07, 6.45) is 3.69. The molecule has 0 saturated carbocycles. The van der Waals surface area contributed by atoms with Gasteiger partial charge in [-0.1, -0.05) is 0 Å². The fourth-order valence-electron chi connectivity index (χ4n) is 1.97. The lowest BCUT2D eigenvalue weighted by atomic mass is 10.1. The Hall–Kier alpha value is -1.97. The van der Waals surface area contributed by atoms with Crippen molar-refractivity contribution < 1.29 is 14.3 Å². The van der Waals surface area contributed by atoms with Crippen LogP contribution in [0.2, 0.25) is 0 Å². The first-order valence-corrected chi connectivity index (χ1v) is 5.95. The molecule has 2 rings (SSSR count). The number of methoxy groups -OCH3 is 2. The van der Waals surface area contributed by atoms with Gasteiger partial charge in [-0.25, -0.2) is 0 Å². The third-order valence-corrected chi connectivity index (χ3v) is 2.95. The van der Waals surface area contributed by atoms with E-state index in [9.17, 15) is 4.79 Å². The first kappa shape index (κ1) is 12.5. The van der Waals surface area contributed by atoms with Gasteiger partial charge in [0, 0.05) is 23.9 Å². The van der Waals surface area contributed by atoms with Crippen LogP contribution in [-0.2, 0) is 0 Å². The Bertz CT molecular complexity index is 472. The molecule has 4 heteroatoms. The number of hydrogen-bond acceptors (Lipinski definition) is 4. The summed E-state index contributed by atoms with van der Waals surface area (Å²) in [6.45, 7) is 0.949. The molecule has 0 amide bonds. The maximum Gasteiger partial charge on any atom is 0.187 e. The number of ketones is 1. The van der Waals surface area contributed by atoms with E-state index in [0.717, 1.165) is 25.1 Å². The Kier molecular flexibility index (Phi) is 3.87. The van der Waals surface area contributed by atoms with Crippen molar-refractivity contribution in [3.05, 3.63) is 35.5 Å². The lowest BCUT2D eigenvalue weighted by molar-refractivity contribution is 0.104. The Morgan fingerprint density at radius 2 is 2.06 bits per heavy atom. The molecule has 1 saturated heterocycles. The standard InChI is InChI=1S/C14H17NO3/c1-17-13-6-5-10(8-14(13)18-2)12(16)9-11-4-3-7-15-11/h5-6,8-9,15H,3-4,7H2,1-2H3/b11-9-. The molecule has 0 aromatic heterocycles. The zero-order valence-corrected chi connectivity index (χ0v) is 10.7. The summed E-state index contributed by atoms with van der Waals surface area (Å²) in [7, 11) is 3.13. The third-order valence-electron chi connectivity index (χ3n) is 2.95. The van der Waals surface area contributed by atoms with E-state index >= 15 is 0 Å². The summed E-state index contributed by atoms with van der Waals surface area (Å²) < 4.78 is 10.3. The number of ether oxygens (including phenoxy) is 2. The van der Waals surface area contributed by atoms with Crippen LogP contribution in [0.5, 0.6) is 11.5 Å². The number of allylic oxidation sites excluding steroid dienone is 2. The molecular formula is C14H17NO3. The van der Waals surface area contributed by atoms with Crippen LogP contribution in [0.15, 0.2) is 30.0 Å². The molecule has 0 spiro atoms. The Morgan fingerprint density at radius 1 is 1.28 bits per heavy atom. The molecule has 0 radical (unpaired) electrons. The number of benzene rings is 1. The summed E-state index contributed by atoms with van der Waals surface area (Å²) in [5.41, 5.74) is 1.61. The molecule has 1 aromatic carbocycles. The van der Waals surface area contributed by atoms with Crippen LogP contribution in [0, 0.1) is 0 Å². The first-order chi connectivity index (χ1) is 8.74. The minimum Gasteiger partial charge on any atom is -0.493 e. The van der Waals surface area contributed by atoms with E-state index in [2.05, 4.69) is 5.32 Å². The molecule has 96 valence electrons. The van der Waals surface area contributed by atoms with Crippen LogP contribution < -0.4 is 14.8 Å². The van der Waals surface area contributed by atoms with Gasteiger partial charge in [0.25, 0.3) is 0 Å². The second-order valence-electron chi connectivity index (χ2n) is 4.13. The second-order valence-corrected chi connectivity index (χ2v) is 4.13. The normalized spacial score (nSPS) is 16.4. The summed E-state index contributed by atoms with van der Waals surface area (Å²) in [6, 6.07) is 5.19. The van der Waals surface area contributed by atoms with Gasteiger partial charge >= 0.3 is 0 Å². The maximum absolute atomic E-state index is 12.1. The SMILES string of the molecule is COc1ccc(C(=O)/C=C2/CCCN2)cc1OC. The number of carbonyl (C=O) groups excluding carboxylic acids is 1. The van der Waals surface area contributed by atoms with Crippen molar-refractivity contribution in [3.63, 3.8) is 0 Å². The molecule has 1 aliphatic heterocycles. The Morgan fingerprint density at radius 3 is 2.67 bits per heavy atom. The summed E-state index contributed by atoms with van der Waals surface area (Å²) in [5.74, 6) is 1.18. The van der Waals surface area contributed by atoms with E-state index in [1.165, 1.54) is 0 Å². The summed E-state index contributed by atoms with van der Waals surface area (Å²) in [5, 5.41) is 3.19. The highest BCUT2D eigenvalue weighted by Crippen LogP contribution is 2.28. The Labute approximate surface area is 107 Å². The molecule has 1 fully saturated rings. The molecule has 0 bridgehead atoms. The highest BCUT2D eigenvalue weighted by atomic mass is 16.5. The molecule has 1 aliphatic rings. The van der Waals surface area contributed by atoms with Crippen molar-refractivity contribution in [3.8, 4) is 11.5 Å². The van der Waals surface area contributed by atoms with E-state index in [4.69, 9.17) is 9.47 Å². The summed E-state index contributed by atoms with van der Waals surface area (Å²) >= 11 is 0. The van der Waals surface area contributed by atoms with Crippen molar-refractivity contribution in [1.29, 1.82) is 0 Å². The van der Waals surface area contributed by atoms with Crippen molar-refractivity contribution in [2.24, 2.45) is 0 Å². The second kappa shape index (κ2) is 5.58. The predicted molar refractivity (Wildman–Crippen MR) is 69.2 cm³/mol. The average Bonchev–Trinajstić information content (AvgIpc) is 2.90. The number of rotatable bonds is 4. The molecular weight excluding hydrogens is 230 g/mol. The van der Waals surface area contributed by atoms with Crippen molar-refractivity contribution in [2.75, 3.05) is 20.8 Å². The molecule has 1 heterocycles. The van der Waals surface area contributed by atoms with Crippen LogP contribution in [-0.4, -0.2) is 26.5 Å².